The van der Waals surface area contributed by atoms with E-state index in [1.807, 2.05) is 6.08 Å². The van der Waals surface area contributed by atoms with Gasteiger partial charge in [0.15, 0.2) is 6.29 Å². The first-order valence-corrected chi connectivity index (χ1v) is 29.1. The van der Waals surface area contributed by atoms with E-state index < -0.39 is 49.5 Å². The third kappa shape index (κ3) is 38.1. The van der Waals surface area contributed by atoms with Crippen LogP contribution in [0, 0.1) is 0 Å². The zero-order chi connectivity index (χ0) is 48.7. The average Bonchev–Trinajstić information content (AvgIpc) is 3.33. The number of carbonyl (C=O) groups is 1. The van der Waals surface area contributed by atoms with E-state index in [-0.39, 0.29) is 12.5 Å². The van der Waals surface area contributed by atoms with Crippen LogP contribution in [-0.2, 0) is 14.3 Å². The van der Waals surface area contributed by atoms with Crippen molar-refractivity contribution in [2.75, 3.05) is 13.2 Å². The number of aliphatic hydroxyl groups excluding tert-OH is 5. The predicted molar refractivity (Wildman–Crippen MR) is 281 cm³/mol. The summed E-state index contributed by atoms with van der Waals surface area (Å²) in [5, 5.41) is 54.5. The van der Waals surface area contributed by atoms with E-state index in [0.29, 0.717) is 6.42 Å². The van der Waals surface area contributed by atoms with E-state index in [1.54, 1.807) is 6.08 Å². The van der Waals surface area contributed by atoms with Crippen molar-refractivity contribution in [2.24, 2.45) is 0 Å². The minimum atomic E-state index is -1.57. The number of allylic oxidation sites excluding steroid dienone is 3. The van der Waals surface area contributed by atoms with Crippen LogP contribution in [0.4, 0.5) is 0 Å². The molecule has 396 valence electrons. The topological polar surface area (TPSA) is 149 Å². The Morgan fingerprint density at radius 1 is 0.493 bits per heavy atom. The Morgan fingerprint density at radius 2 is 0.851 bits per heavy atom. The minimum Gasteiger partial charge on any atom is -0.394 e. The zero-order valence-electron chi connectivity index (χ0n) is 43.9. The predicted octanol–water partition coefficient (Wildman–Crippen LogP) is 14.2. The van der Waals surface area contributed by atoms with E-state index in [1.165, 1.54) is 225 Å². The monoisotopic (exact) mass is 950 g/mol. The molecule has 0 saturated carbocycles. The van der Waals surface area contributed by atoms with Gasteiger partial charge in [0.2, 0.25) is 5.91 Å². The lowest BCUT2D eigenvalue weighted by atomic mass is 9.99. The molecule has 7 atom stereocenters. The molecule has 9 nitrogen and oxygen atoms in total. The van der Waals surface area contributed by atoms with Crippen LogP contribution in [0.15, 0.2) is 24.3 Å². The van der Waals surface area contributed by atoms with E-state index in [2.05, 4.69) is 31.3 Å². The standard InChI is InChI=1S/C58H111NO8/c1-3-5-7-9-11-13-15-17-19-21-23-24-25-26-27-28-30-32-34-36-38-40-42-44-46-48-54(62)59-51(50-66-58-57(65)56(64)55(63)53(49-60)67-58)52(61)47-45-43-41-39-37-35-33-31-29-22-20-18-16-14-12-10-8-6-4-2/h37,39,45,47,51-53,55-58,60-61,63-65H,3-36,38,40-44,46,48-50H2,1-2H3,(H,59,62)/b39-37+,47-45+. The van der Waals surface area contributed by atoms with Gasteiger partial charge in [0.25, 0.3) is 0 Å². The highest BCUT2D eigenvalue weighted by Gasteiger charge is 2.44. The molecular weight excluding hydrogens is 839 g/mol. The van der Waals surface area contributed by atoms with Crippen molar-refractivity contribution in [2.45, 2.75) is 326 Å². The molecule has 1 heterocycles. The Hall–Kier alpha value is -1.33. The molecule has 0 aromatic carbocycles. The molecule has 1 saturated heterocycles. The van der Waals surface area contributed by atoms with E-state index >= 15 is 0 Å². The summed E-state index contributed by atoms with van der Waals surface area (Å²) < 4.78 is 11.3. The molecule has 1 rings (SSSR count). The van der Waals surface area contributed by atoms with Gasteiger partial charge in [-0.3, -0.25) is 4.79 Å². The highest BCUT2D eigenvalue weighted by Crippen LogP contribution is 2.23. The number of ether oxygens (including phenoxy) is 2. The van der Waals surface area contributed by atoms with E-state index in [0.717, 1.165) is 38.5 Å². The Kier molecular flexibility index (Phi) is 45.9. The number of nitrogens with one attached hydrogen (secondary N) is 1. The Morgan fingerprint density at radius 3 is 1.25 bits per heavy atom. The third-order valence-corrected chi connectivity index (χ3v) is 14.0. The summed E-state index contributed by atoms with van der Waals surface area (Å²) >= 11 is 0. The fourth-order valence-electron chi connectivity index (χ4n) is 9.41. The highest BCUT2D eigenvalue weighted by molar-refractivity contribution is 5.76. The molecule has 0 spiro atoms. The largest absolute Gasteiger partial charge is 0.394 e. The average molecular weight is 951 g/mol. The Labute approximate surface area is 413 Å². The van der Waals surface area contributed by atoms with Crippen LogP contribution >= 0.6 is 0 Å². The first kappa shape index (κ1) is 63.7. The van der Waals surface area contributed by atoms with Crippen LogP contribution in [0.5, 0.6) is 0 Å². The fraction of sp³-hybridized carbons (Fsp3) is 0.914. The van der Waals surface area contributed by atoms with Crippen LogP contribution in [0.3, 0.4) is 0 Å². The van der Waals surface area contributed by atoms with Crippen molar-refractivity contribution in [3.05, 3.63) is 24.3 Å². The second kappa shape index (κ2) is 48.3. The van der Waals surface area contributed by atoms with Crippen molar-refractivity contribution in [1.82, 2.24) is 5.32 Å². The van der Waals surface area contributed by atoms with Crippen molar-refractivity contribution in [3.8, 4) is 0 Å². The molecule has 1 amide bonds. The Bertz CT molecular complexity index is 1100. The van der Waals surface area contributed by atoms with Crippen molar-refractivity contribution in [1.29, 1.82) is 0 Å². The summed E-state index contributed by atoms with van der Waals surface area (Å²) in [6.45, 7) is 3.80. The van der Waals surface area contributed by atoms with Gasteiger partial charge in [-0.2, -0.15) is 0 Å². The zero-order valence-corrected chi connectivity index (χ0v) is 43.9. The number of hydrogen-bond donors (Lipinski definition) is 6. The van der Waals surface area contributed by atoms with E-state index in [9.17, 15) is 30.3 Å². The number of unbranched alkanes of at least 4 members (excludes halogenated alkanes) is 38. The molecule has 6 N–H and O–H groups in total. The number of rotatable bonds is 50. The quantitative estimate of drug-likeness (QED) is 0.0261. The number of aliphatic hydroxyl groups is 5. The summed E-state index contributed by atoms with van der Waals surface area (Å²) in [6.07, 6.45) is 53.9. The van der Waals surface area contributed by atoms with Gasteiger partial charge < -0.3 is 40.3 Å². The van der Waals surface area contributed by atoms with Gasteiger partial charge >= 0.3 is 0 Å². The summed E-state index contributed by atoms with van der Waals surface area (Å²) in [6, 6.07) is -0.818. The Balaban J connectivity index is 2.22. The van der Waals surface area contributed by atoms with Crippen molar-refractivity contribution in [3.63, 3.8) is 0 Å². The smallest absolute Gasteiger partial charge is 0.220 e. The molecule has 1 aliphatic rings. The maximum atomic E-state index is 13.0. The maximum absolute atomic E-state index is 13.0. The molecule has 67 heavy (non-hydrogen) atoms. The van der Waals surface area contributed by atoms with Gasteiger partial charge in [-0.15, -0.1) is 0 Å². The fourth-order valence-corrected chi connectivity index (χ4v) is 9.41. The third-order valence-electron chi connectivity index (χ3n) is 14.0. The summed E-state index contributed by atoms with van der Waals surface area (Å²) in [7, 11) is 0. The molecule has 0 aromatic rings. The van der Waals surface area contributed by atoms with Gasteiger partial charge in [0, 0.05) is 6.42 Å². The number of amides is 1. The van der Waals surface area contributed by atoms with Gasteiger partial charge in [-0.05, 0) is 32.1 Å². The normalized spacial score (nSPS) is 19.8. The van der Waals surface area contributed by atoms with Crippen LogP contribution in [0.25, 0.3) is 0 Å². The molecule has 1 aliphatic heterocycles. The van der Waals surface area contributed by atoms with Gasteiger partial charge in [-0.1, -0.05) is 269 Å². The molecule has 0 bridgehead atoms. The summed E-state index contributed by atoms with van der Waals surface area (Å²) in [5.41, 5.74) is 0. The summed E-state index contributed by atoms with van der Waals surface area (Å²) in [4.78, 5) is 13.0. The maximum Gasteiger partial charge on any atom is 0.220 e. The van der Waals surface area contributed by atoms with Gasteiger partial charge in [0.1, 0.15) is 24.4 Å². The molecule has 0 aromatic heterocycles. The van der Waals surface area contributed by atoms with Crippen molar-refractivity contribution < 1.29 is 39.8 Å². The van der Waals surface area contributed by atoms with Gasteiger partial charge in [0.05, 0.1) is 25.4 Å². The lowest BCUT2D eigenvalue weighted by Crippen LogP contribution is -2.60. The van der Waals surface area contributed by atoms with Crippen molar-refractivity contribution >= 4 is 5.91 Å². The summed E-state index contributed by atoms with van der Waals surface area (Å²) in [5.74, 6) is -0.181. The lowest BCUT2D eigenvalue weighted by Gasteiger charge is -2.40. The molecule has 9 heteroatoms. The number of carbonyl (C=O) groups excluding carboxylic acids is 1. The second-order valence-corrected chi connectivity index (χ2v) is 20.4. The first-order chi connectivity index (χ1) is 32.8. The minimum absolute atomic E-state index is 0.181. The lowest BCUT2D eigenvalue weighted by molar-refractivity contribution is -0.302. The van der Waals surface area contributed by atoms with Crippen LogP contribution < -0.4 is 5.32 Å². The van der Waals surface area contributed by atoms with Crippen LogP contribution in [0.2, 0.25) is 0 Å². The molecule has 1 fully saturated rings. The van der Waals surface area contributed by atoms with E-state index in [4.69, 9.17) is 9.47 Å². The molecular formula is C58H111NO8. The molecule has 0 radical (unpaired) electrons. The highest BCUT2D eigenvalue weighted by atomic mass is 16.7. The first-order valence-electron chi connectivity index (χ1n) is 29.1. The van der Waals surface area contributed by atoms with Gasteiger partial charge in [-0.25, -0.2) is 0 Å². The van der Waals surface area contributed by atoms with Crippen LogP contribution in [0.1, 0.15) is 284 Å². The number of hydrogen-bond acceptors (Lipinski definition) is 8. The second-order valence-electron chi connectivity index (χ2n) is 20.4. The van der Waals surface area contributed by atoms with Crippen LogP contribution in [-0.4, -0.2) is 87.5 Å². The SMILES string of the molecule is CCCCCCCCCCCCCCC/C=C/CC/C=C/C(O)C(COC1OC(CO)C(O)C(O)C1O)NC(=O)CCCCCCCCCCCCCCCCCCCCCCCCCCC. The molecule has 0 aliphatic carbocycles. The molecule has 7 unspecified atom stereocenters.